The predicted octanol–water partition coefficient (Wildman–Crippen LogP) is 5.78. The van der Waals surface area contributed by atoms with Crippen molar-refractivity contribution in [1.29, 1.82) is 0 Å². The zero-order valence-electron chi connectivity index (χ0n) is 12.8. The van der Waals surface area contributed by atoms with Crippen molar-refractivity contribution in [3.05, 3.63) is 30.2 Å². The highest BCUT2D eigenvalue weighted by molar-refractivity contribution is 5.74. The Morgan fingerprint density at radius 3 is 2.40 bits per heavy atom. The van der Waals surface area contributed by atoms with Gasteiger partial charge >= 0.3 is 0 Å². The fraction of sp³-hybridized carbons (Fsp3) is 0.611. The first-order valence-corrected chi connectivity index (χ1v) is 8.05. The largest absolute Gasteiger partial charge is 0.465 e. The van der Waals surface area contributed by atoms with Gasteiger partial charge in [0.2, 0.25) is 0 Å². The molecule has 0 radical (unpaired) electrons. The van der Waals surface area contributed by atoms with Crippen molar-refractivity contribution in [2.75, 3.05) is 0 Å². The third kappa shape index (κ3) is 7.32. The van der Waals surface area contributed by atoms with Gasteiger partial charge in [-0.15, -0.1) is 0 Å². The topological polar surface area (TPSA) is 30.2 Å². The summed E-state index contributed by atoms with van der Waals surface area (Å²) in [6.07, 6.45) is 16.9. The van der Waals surface area contributed by atoms with Gasteiger partial charge in [-0.3, -0.25) is 0 Å². The summed E-state index contributed by atoms with van der Waals surface area (Å²) in [6, 6.07) is 3.79. The monoisotopic (exact) mass is 276 g/mol. The van der Waals surface area contributed by atoms with Crippen LogP contribution in [0.1, 0.15) is 76.9 Å². The van der Waals surface area contributed by atoms with E-state index in [0.29, 0.717) is 6.42 Å². The van der Waals surface area contributed by atoms with Crippen LogP contribution in [0.4, 0.5) is 0 Å². The van der Waals surface area contributed by atoms with Crippen LogP contribution < -0.4 is 0 Å². The van der Waals surface area contributed by atoms with Crippen molar-refractivity contribution in [3.8, 4) is 0 Å². The lowest BCUT2D eigenvalue weighted by molar-refractivity contribution is -0.107. The normalized spacial score (nSPS) is 11.8. The SMILES string of the molecule is CCCCCCCCCC/C=C(\CC=O)c1ccco1. The van der Waals surface area contributed by atoms with Crippen molar-refractivity contribution in [1.82, 2.24) is 0 Å². The molecule has 0 fully saturated rings. The average Bonchev–Trinajstić information content (AvgIpc) is 2.98. The number of hydrogen-bond donors (Lipinski definition) is 0. The molecule has 0 saturated heterocycles. The highest BCUT2D eigenvalue weighted by Gasteiger charge is 2.03. The van der Waals surface area contributed by atoms with Gasteiger partial charge in [0, 0.05) is 6.42 Å². The van der Waals surface area contributed by atoms with Crippen LogP contribution in [-0.2, 0) is 4.79 Å². The van der Waals surface area contributed by atoms with E-state index in [0.717, 1.165) is 24.0 Å². The average molecular weight is 276 g/mol. The maximum absolute atomic E-state index is 10.7. The van der Waals surface area contributed by atoms with Crippen LogP contribution in [0.15, 0.2) is 28.9 Å². The van der Waals surface area contributed by atoms with E-state index in [1.165, 1.54) is 51.4 Å². The fourth-order valence-corrected chi connectivity index (χ4v) is 2.39. The first kappa shape index (κ1) is 16.7. The molecule has 1 aromatic rings. The van der Waals surface area contributed by atoms with Gasteiger partial charge in [0.25, 0.3) is 0 Å². The number of furan rings is 1. The van der Waals surface area contributed by atoms with Gasteiger partial charge in [-0.1, -0.05) is 57.9 Å². The Hall–Kier alpha value is -1.31. The lowest BCUT2D eigenvalue weighted by Gasteiger charge is -2.02. The Morgan fingerprint density at radius 1 is 1.10 bits per heavy atom. The van der Waals surface area contributed by atoms with Crippen molar-refractivity contribution < 1.29 is 9.21 Å². The molecule has 1 heterocycles. The smallest absolute Gasteiger partial charge is 0.129 e. The van der Waals surface area contributed by atoms with Gasteiger partial charge in [0.05, 0.1) is 6.26 Å². The molecule has 112 valence electrons. The van der Waals surface area contributed by atoms with Crippen LogP contribution >= 0.6 is 0 Å². The van der Waals surface area contributed by atoms with E-state index in [1.807, 2.05) is 12.1 Å². The quantitative estimate of drug-likeness (QED) is 0.357. The molecular formula is C18H28O2. The molecule has 0 aliphatic heterocycles. The lowest BCUT2D eigenvalue weighted by Crippen LogP contribution is -1.85. The predicted molar refractivity (Wildman–Crippen MR) is 84.6 cm³/mol. The van der Waals surface area contributed by atoms with Gasteiger partial charge < -0.3 is 9.21 Å². The van der Waals surface area contributed by atoms with E-state index >= 15 is 0 Å². The van der Waals surface area contributed by atoms with E-state index in [-0.39, 0.29) is 0 Å². The number of allylic oxidation sites excluding steroid dienone is 2. The molecule has 0 aliphatic carbocycles. The number of rotatable bonds is 12. The highest BCUT2D eigenvalue weighted by Crippen LogP contribution is 2.19. The second-order valence-corrected chi connectivity index (χ2v) is 5.34. The minimum atomic E-state index is 0.449. The molecule has 0 N–H and O–H groups in total. The summed E-state index contributed by atoms with van der Waals surface area (Å²) in [5.74, 6) is 0.830. The third-order valence-corrected chi connectivity index (χ3v) is 3.59. The molecule has 2 heteroatoms. The van der Waals surface area contributed by atoms with Gasteiger partial charge in [0.15, 0.2) is 0 Å². The summed E-state index contributed by atoms with van der Waals surface area (Å²) < 4.78 is 5.35. The molecule has 2 nitrogen and oxygen atoms in total. The lowest BCUT2D eigenvalue weighted by atomic mass is 10.0. The first-order valence-electron chi connectivity index (χ1n) is 8.05. The van der Waals surface area contributed by atoms with Gasteiger partial charge in [-0.25, -0.2) is 0 Å². The van der Waals surface area contributed by atoms with Crippen LogP contribution in [0.2, 0.25) is 0 Å². The molecule has 0 bridgehead atoms. The molecule has 0 aromatic carbocycles. The first-order chi connectivity index (χ1) is 9.88. The number of carbonyl (C=O) groups is 1. The van der Waals surface area contributed by atoms with Crippen molar-refractivity contribution in [2.24, 2.45) is 0 Å². The second kappa shape index (κ2) is 11.5. The molecular weight excluding hydrogens is 248 g/mol. The summed E-state index contributed by atoms with van der Waals surface area (Å²) in [5, 5.41) is 0. The molecule has 1 rings (SSSR count). The summed E-state index contributed by atoms with van der Waals surface area (Å²) in [5.41, 5.74) is 1.02. The molecule has 0 aliphatic rings. The molecule has 0 unspecified atom stereocenters. The number of carbonyl (C=O) groups excluding carboxylic acids is 1. The Bertz CT molecular complexity index is 363. The standard InChI is InChI=1S/C18H28O2/c1-2-3-4-5-6-7-8-9-10-12-17(14-15-19)18-13-11-16-20-18/h11-13,15-16H,2-10,14H2,1H3/b17-12+. The molecule has 20 heavy (non-hydrogen) atoms. The maximum atomic E-state index is 10.7. The number of unbranched alkanes of at least 4 members (excludes halogenated alkanes) is 8. The van der Waals surface area contributed by atoms with Crippen molar-refractivity contribution >= 4 is 11.9 Å². The summed E-state index contributed by atoms with van der Waals surface area (Å²) in [6.45, 7) is 2.25. The Kier molecular flexibility index (Phi) is 9.64. The van der Waals surface area contributed by atoms with E-state index in [4.69, 9.17) is 4.42 Å². The van der Waals surface area contributed by atoms with E-state index in [1.54, 1.807) is 6.26 Å². The molecule has 0 atom stereocenters. The van der Waals surface area contributed by atoms with Crippen LogP contribution in [0, 0.1) is 0 Å². The van der Waals surface area contributed by atoms with E-state index < -0.39 is 0 Å². The van der Waals surface area contributed by atoms with Gasteiger partial charge in [0.1, 0.15) is 12.0 Å². The molecule has 0 amide bonds. The molecule has 1 aromatic heterocycles. The summed E-state index contributed by atoms with van der Waals surface area (Å²) in [7, 11) is 0. The van der Waals surface area contributed by atoms with Crippen molar-refractivity contribution in [2.45, 2.75) is 71.1 Å². The van der Waals surface area contributed by atoms with Crippen LogP contribution in [0.25, 0.3) is 5.57 Å². The zero-order chi connectivity index (χ0) is 14.5. The fourth-order valence-electron chi connectivity index (χ4n) is 2.39. The second-order valence-electron chi connectivity index (χ2n) is 5.34. The minimum Gasteiger partial charge on any atom is -0.465 e. The van der Waals surface area contributed by atoms with Gasteiger partial charge in [-0.05, 0) is 30.5 Å². The number of aldehydes is 1. The Labute approximate surface area is 123 Å². The zero-order valence-corrected chi connectivity index (χ0v) is 12.8. The Balaban J connectivity index is 2.13. The van der Waals surface area contributed by atoms with Crippen LogP contribution in [0.3, 0.4) is 0 Å². The third-order valence-electron chi connectivity index (χ3n) is 3.59. The van der Waals surface area contributed by atoms with Crippen LogP contribution in [0.5, 0.6) is 0 Å². The summed E-state index contributed by atoms with van der Waals surface area (Å²) in [4.78, 5) is 10.7. The minimum absolute atomic E-state index is 0.449. The highest BCUT2D eigenvalue weighted by atomic mass is 16.3. The summed E-state index contributed by atoms with van der Waals surface area (Å²) >= 11 is 0. The van der Waals surface area contributed by atoms with Crippen molar-refractivity contribution in [3.63, 3.8) is 0 Å². The Morgan fingerprint density at radius 2 is 1.80 bits per heavy atom. The van der Waals surface area contributed by atoms with Gasteiger partial charge in [-0.2, -0.15) is 0 Å². The van der Waals surface area contributed by atoms with E-state index in [9.17, 15) is 4.79 Å². The maximum Gasteiger partial charge on any atom is 0.129 e. The van der Waals surface area contributed by atoms with E-state index in [2.05, 4.69) is 13.0 Å². The number of hydrogen-bond acceptors (Lipinski definition) is 2. The van der Waals surface area contributed by atoms with Crippen LogP contribution in [-0.4, -0.2) is 6.29 Å². The molecule has 0 spiro atoms. The molecule has 0 saturated carbocycles.